The van der Waals surface area contributed by atoms with E-state index in [1.807, 2.05) is 0 Å². The molecule has 36 heavy (non-hydrogen) atoms. The fourth-order valence-corrected chi connectivity index (χ4v) is 7.81. The summed E-state index contributed by atoms with van der Waals surface area (Å²) in [6.07, 6.45) is 5.71. The van der Waals surface area contributed by atoms with Gasteiger partial charge in [0.1, 0.15) is 33.3 Å². The molecule has 1 saturated heterocycles. The van der Waals surface area contributed by atoms with Crippen LogP contribution in [0.25, 0.3) is 20.4 Å². The first kappa shape index (κ1) is 25.7. The Morgan fingerprint density at radius 2 is 1.61 bits per heavy atom. The molecule has 2 fully saturated rings. The minimum absolute atomic E-state index is 0.108. The van der Waals surface area contributed by atoms with Crippen LogP contribution in [0.5, 0.6) is 0 Å². The van der Waals surface area contributed by atoms with Gasteiger partial charge in [0.05, 0.1) is 30.1 Å². The molecule has 7 nitrogen and oxygen atoms in total. The van der Waals surface area contributed by atoms with E-state index in [0.717, 1.165) is 33.8 Å². The lowest BCUT2D eigenvalue weighted by molar-refractivity contribution is 0.00506. The fraction of sp³-hybridized carbons (Fsp3) is 0.538. The summed E-state index contributed by atoms with van der Waals surface area (Å²) in [6, 6.07) is 0.502. The molecule has 10 heteroatoms. The molecule has 2 bridgehead atoms. The summed E-state index contributed by atoms with van der Waals surface area (Å²) in [6.45, 7) is 10.3. The molecule has 1 aliphatic carbocycles. The molecule has 3 unspecified atom stereocenters. The summed E-state index contributed by atoms with van der Waals surface area (Å²) in [7, 11) is 0. The second kappa shape index (κ2) is 10.8. The Kier molecular flexibility index (Phi) is 7.74. The Morgan fingerprint density at radius 3 is 2.22 bits per heavy atom. The Balaban J connectivity index is 0.000000174. The summed E-state index contributed by atoms with van der Waals surface area (Å²) >= 11 is 9.34. The van der Waals surface area contributed by atoms with E-state index in [2.05, 4.69) is 63.3 Å². The fourth-order valence-electron chi connectivity index (χ4n) is 5.38. The molecule has 1 aliphatic heterocycles. The largest absolute Gasteiger partial charge is 0.394 e. The second-order valence-electron chi connectivity index (χ2n) is 10.1. The third kappa shape index (κ3) is 4.84. The maximum absolute atomic E-state index is 8.95. The van der Waals surface area contributed by atoms with E-state index in [9.17, 15) is 0 Å². The molecular formula is C26H32ClN5O2S2. The van der Waals surface area contributed by atoms with Gasteiger partial charge in [-0.25, -0.2) is 19.9 Å². The van der Waals surface area contributed by atoms with Crippen LogP contribution in [-0.4, -0.2) is 56.9 Å². The molecule has 1 saturated carbocycles. The van der Waals surface area contributed by atoms with Crippen LogP contribution >= 0.6 is 34.3 Å². The Labute approximate surface area is 224 Å². The van der Waals surface area contributed by atoms with Crippen molar-refractivity contribution in [3.05, 3.63) is 39.7 Å². The van der Waals surface area contributed by atoms with Crippen molar-refractivity contribution in [2.24, 2.45) is 5.92 Å². The average molecular weight is 546 g/mol. The van der Waals surface area contributed by atoms with Gasteiger partial charge in [-0.05, 0) is 46.6 Å². The van der Waals surface area contributed by atoms with Crippen molar-refractivity contribution in [3.63, 3.8) is 0 Å². The van der Waals surface area contributed by atoms with Crippen LogP contribution in [0, 0.1) is 5.92 Å². The molecule has 0 aromatic carbocycles. The molecule has 0 amide bonds. The molecule has 1 N–H and O–H groups in total. The Morgan fingerprint density at radius 1 is 0.972 bits per heavy atom. The lowest BCUT2D eigenvalue weighted by Gasteiger charge is -2.32. The predicted octanol–water partition coefficient (Wildman–Crippen LogP) is 6.26. The van der Waals surface area contributed by atoms with Crippen molar-refractivity contribution in [1.29, 1.82) is 0 Å². The first-order chi connectivity index (χ1) is 17.4. The van der Waals surface area contributed by atoms with Gasteiger partial charge in [0.15, 0.2) is 0 Å². The summed E-state index contributed by atoms with van der Waals surface area (Å²) < 4.78 is 5.80. The monoisotopic (exact) mass is 545 g/mol. The second-order valence-corrected chi connectivity index (χ2v) is 12.2. The zero-order valence-electron chi connectivity index (χ0n) is 21.0. The number of nitrogens with zero attached hydrogens (tertiary/aromatic N) is 5. The zero-order chi connectivity index (χ0) is 25.4. The standard InChI is InChI=1S/C17H23N3O2S.C9H9ClN2S/c1-10(2)13-8-23-17-15(13)16(18-9-19-17)20-7-11-5-12(20)6-14(11)22-4-3-21;1-5(2)6-3-13-9-7(6)8(10)11-4-12-9/h8-12,14,21H,3-7H2,1-2H3;3-5H,1-2H3. The third-order valence-electron chi connectivity index (χ3n) is 7.15. The van der Waals surface area contributed by atoms with E-state index in [-0.39, 0.29) is 6.61 Å². The summed E-state index contributed by atoms with van der Waals surface area (Å²) in [5.74, 6) is 2.61. The smallest absolute Gasteiger partial charge is 0.141 e. The maximum atomic E-state index is 8.95. The van der Waals surface area contributed by atoms with E-state index in [1.165, 1.54) is 29.3 Å². The number of ether oxygens (including phenoxy) is 1. The first-order valence-electron chi connectivity index (χ1n) is 12.5. The number of halogens is 1. The molecule has 4 aromatic heterocycles. The molecule has 5 heterocycles. The van der Waals surface area contributed by atoms with Crippen molar-refractivity contribution >= 4 is 60.5 Å². The highest BCUT2D eigenvalue weighted by Gasteiger charge is 2.46. The van der Waals surface area contributed by atoms with Gasteiger partial charge in [-0.1, -0.05) is 39.3 Å². The van der Waals surface area contributed by atoms with Crippen LogP contribution in [-0.2, 0) is 4.74 Å². The summed E-state index contributed by atoms with van der Waals surface area (Å²) in [5.41, 5.74) is 2.60. The number of aliphatic hydroxyl groups is 1. The van der Waals surface area contributed by atoms with E-state index in [4.69, 9.17) is 21.4 Å². The summed E-state index contributed by atoms with van der Waals surface area (Å²) in [5, 5.41) is 16.1. The maximum Gasteiger partial charge on any atom is 0.141 e. The SMILES string of the molecule is CC(C)c1csc2ncnc(Cl)c12.CC(C)c1csc2ncnc(N3CC4CC3CC4OCCO)c12. The van der Waals surface area contributed by atoms with Crippen LogP contribution in [0.3, 0.4) is 0 Å². The van der Waals surface area contributed by atoms with Crippen molar-refractivity contribution < 1.29 is 9.84 Å². The molecular weight excluding hydrogens is 514 g/mol. The quantitative estimate of drug-likeness (QED) is 0.286. The van der Waals surface area contributed by atoms with Crippen LogP contribution in [0.15, 0.2) is 23.4 Å². The van der Waals surface area contributed by atoms with Gasteiger partial charge in [0, 0.05) is 18.5 Å². The molecule has 0 spiro atoms. The molecule has 2 aliphatic rings. The average Bonchev–Trinajstić information content (AvgIpc) is 3.64. The van der Waals surface area contributed by atoms with Gasteiger partial charge in [0.2, 0.25) is 0 Å². The number of aromatic nitrogens is 4. The minimum atomic E-state index is 0.108. The molecule has 3 atom stereocenters. The summed E-state index contributed by atoms with van der Waals surface area (Å²) in [4.78, 5) is 21.8. The van der Waals surface area contributed by atoms with E-state index in [1.54, 1.807) is 29.0 Å². The number of piperidine rings is 1. The molecule has 192 valence electrons. The van der Waals surface area contributed by atoms with Gasteiger partial charge in [-0.3, -0.25) is 0 Å². The Hall–Kier alpha value is -1.91. The van der Waals surface area contributed by atoms with Gasteiger partial charge < -0.3 is 14.7 Å². The van der Waals surface area contributed by atoms with Gasteiger partial charge in [-0.15, -0.1) is 22.7 Å². The van der Waals surface area contributed by atoms with Crippen LogP contribution in [0.1, 0.15) is 63.5 Å². The van der Waals surface area contributed by atoms with Crippen LogP contribution in [0.4, 0.5) is 5.82 Å². The molecule has 6 rings (SSSR count). The lowest BCUT2D eigenvalue weighted by atomic mass is 10.0. The van der Waals surface area contributed by atoms with Gasteiger partial charge in [0.25, 0.3) is 0 Å². The first-order valence-corrected chi connectivity index (χ1v) is 14.6. The van der Waals surface area contributed by atoms with Crippen molar-refractivity contribution in [2.75, 3.05) is 24.7 Å². The van der Waals surface area contributed by atoms with E-state index < -0.39 is 0 Å². The normalized spacial score (nSPS) is 21.2. The molecule has 0 radical (unpaired) electrons. The number of hydrogen-bond acceptors (Lipinski definition) is 9. The number of thiophene rings is 2. The van der Waals surface area contributed by atoms with E-state index in [0.29, 0.717) is 41.7 Å². The third-order valence-corrected chi connectivity index (χ3v) is 9.24. The topological polar surface area (TPSA) is 84.3 Å². The molecule has 4 aromatic rings. The number of hydrogen-bond donors (Lipinski definition) is 1. The lowest BCUT2D eigenvalue weighted by Crippen LogP contribution is -2.39. The Bertz CT molecular complexity index is 1340. The highest BCUT2D eigenvalue weighted by Crippen LogP contribution is 2.44. The number of fused-ring (bicyclic) bond motifs is 4. The van der Waals surface area contributed by atoms with Gasteiger partial charge in [-0.2, -0.15) is 0 Å². The number of rotatable bonds is 6. The van der Waals surface area contributed by atoms with Crippen LogP contribution < -0.4 is 4.90 Å². The van der Waals surface area contributed by atoms with Crippen LogP contribution in [0.2, 0.25) is 5.15 Å². The minimum Gasteiger partial charge on any atom is -0.394 e. The van der Waals surface area contributed by atoms with Crippen molar-refractivity contribution in [2.45, 2.75) is 64.5 Å². The predicted molar refractivity (Wildman–Crippen MR) is 149 cm³/mol. The van der Waals surface area contributed by atoms with E-state index >= 15 is 0 Å². The zero-order valence-corrected chi connectivity index (χ0v) is 23.4. The highest BCUT2D eigenvalue weighted by atomic mass is 35.5. The van der Waals surface area contributed by atoms with Gasteiger partial charge >= 0.3 is 0 Å². The number of anilines is 1. The highest BCUT2D eigenvalue weighted by molar-refractivity contribution is 7.17. The van der Waals surface area contributed by atoms with Crippen molar-refractivity contribution in [3.8, 4) is 0 Å². The van der Waals surface area contributed by atoms with Crippen molar-refractivity contribution in [1.82, 2.24) is 19.9 Å². The number of aliphatic hydroxyl groups excluding tert-OH is 1.